The van der Waals surface area contributed by atoms with Gasteiger partial charge in [-0.25, -0.2) is 8.42 Å². The van der Waals surface area contributed by atoms with E-state index in [1.54, 1.807) is 0 Å². The zero-order valence-electron chi connectivity index (χ0n) is 9.49. The maximum atomic E-state index is 11.5. The fourth-order valence-corrected chi connectivity index (χ4v) is 4.85. The predicted molar refractivity (Wildman–Crippen MR) is 60.3 cm³/mol. The van der Waals surface area contributed by atoms with Gasteiger partial charge in [0.15, 0.2) is 9.84 Å². The van der Waals surface area contributed by atoms with Crippen LogP contribution < -0.4 is 5.73 Å². The summed E-state index contributed by atoms with van der Waals surface area (Å²) in [5, 5.41) is 10.5. The van der Waals surface area contributed by atoms with E-state index in [4.69, 9.17) is 5.73 Å². The molecule has 5 heteroatoms. The van der Waals surface area contributed by atoms with Crippen LogP contribution in [-0.4, -0.2) is 37.2 Å². The summed E-state index contributed by atoms with van der Waals surface area (Å²) >= 11 is 0. The van der Waals surface area contributed by atoms with E-state index in [-0.39, 0.29) is 18.1 Å². The molecule has 15 heavy (non-hydrogen) atoms. The lowest BCUT2D eigenvalue weighted by molar-refractivity contribution is -0.0738. The van der Waals surface area contributed by atoms with Gasteiger partial charge in [-0.15, -0.1) is 0 Å². The Bertz CT molecular complexity index is 322. The summed E-state index contributed by atoms with van der Waals surface area (Å²) < 4.78 is 23.0. The monoisotopic (exact) mass is 235 g/mol. The summed E-state index contributed by atoms with van der Waals surface area (Å²) in [5.74, 6) is 0.196. The molecular formula is C10H21NO3S. The summed E-state index contributed by atoms with van der Waals surface area (Å²) in [7, 11) is -3.01. The first-order valence-electron chi connectivity index (χ1n) is 5.47. The lowest BCUT2D eigenvalue weighted by Gasteiger charge is -2.42. The van der Waals surface area contributed by atoms with Crippen molar-refractivity contribution in [1.29, 1.82) is 0 Å². The van der Waals surface area contributed by atoms with Crippen LogP contribution in [0.25, 0.3) is 0 Å². The molecule has 0 aliphatic carbocycles. The van der Waals surface area contributed by atoms with Crippen molar-refractivity contribution in [3.8, 4) is 0 Å². The Hall–Kier alpha value is -0.130. The molecule has 90 valence electrons. The van der Waals surface area contributed by atoms with E-state index in [2.05, 4.69) is 0 Å². The van der Waals surface area contributed by atoms with Crippen molar-refractivity contribution in [3.05, 3.63) is 0 Å². The minimum absolute atomic E-state index is 0.0364. The minimum atomic E-state index is -3.01. The highest BCUT2D eigenvalue weighted by Gasteiger charge is 2.53. The Labute approximate surface area is 91.8 Å². The number of sulfone groups is 1. The van der Waals surface area contributed by atoms with Gasteiger partial charge in [-0.05, 0) is 19.3 Å². The zero-order valence-corrected chi connectivity index (χ0v) is 10.3. The molecule has 0 radical (unpaired) electrons. The molecular weight excluding hydrogens is 214 g/mol. The second-order valence-electron chi connectivity index (χ2n) is 4.57. The summed E-state index contributed by atoms with van der Waals surface area (Å²) in [4.78, 5) is 0. The van der Waals surface area contributed by atoms with E-state index in [0.29, 0.717) is 19.3 Å². The molecule has 1 saturated heterocycles. The quantitative estimate of drug-likeness (QED) is 0.734. The van der Waals surface area contributed by atoms with Gasteiger partial charge in [0.2, 0.25) is 0 Å². The van der Waals surface area contributed by atoms with Gasteiger partial charge in [-0.3, -0.25) is 0 Å². The van der Waals surface area contributed by atoms with Crippen LogP contribution in [0.2, 0.25) is 0 Å². The van der Waals surface area contributed by atoms with Gasteiger partial charge < -0.3 is 10.8 Å². The summed E-state index contributed by atoms with van der Waals surface area (Å²) in [6.45, 7) is 4.00. The van der Waals surface area contributed by atoms with Crippen LogP contribution in [-0.2, 0) is 9.84 Å². The van der Waals surface area contributed by atoms with Crippen LogP contribution in [0.4, 0.5) is 0 Å². The molecule has 1 rings (SSSR count). The Kier molecular flexibility index (Phi) is 3.48. The van der Waals surface area contributed by atoms with Crippen molar-refractivity contribution >= 4 is 9.84 Å². The normalized spacial score (nSPS) is 30.7. The lowest BCUT2D eigenvalue weighted by Crippen LogP contribution is -2.53. The third-order valence-corrected chi connectivity index (χ3v) is 5.75. The second-order valence-corrected chi connectivity index (χ2v) is 6.75. The van der Waals surface area contributed by atoms with Gasteiger partial charge in [0.25, 0.3) is 0 Å². The molecule has 1 heterocycles. The number of hydrogen-bond acceptors (Lipinski definition) is 4. The van der Waals surface area contributed by atoms with Gasteiger partial charge in [0, 0.05) is 12.0 Å². The SMILES string of the molecule is CCC(O)(CC)C1(CN)CCS(=O)(=O)C1. The van der Waals surface area contributed by atoms with Crippen LogP contribution in [0.15, 0.2) is 0 Å². The van der Waals surface area contributed by atoms with Crippen molar-refractivity contribution < 1.29 is 13.5 Å². The largest absolute Gasteiger partial charge is 0.389 e. The first-order chi connectivity index (χ1) is 6.85. The second kappa shape index (κ2) is 4.03. The maximum Gasteiger partial charge on any atom is 0.151 e. The average Bonchev–Trinajstić information content (AvgIpc) is 2.54. The molecule has 0 saturated carbocycles. The summed E-state index contributed by atoms with van der Waals surface area (Å²) in [5.41, 5.74) is 4.13. The molecule has 1 aliphatic rings. The fourth-order valence-electron chi connectivity index (χ4n) is 2.63. The van der Waals surface area contributed by atoms with E-state index in [0.717, 1.165) is 0 Å². The molecule has 1 fully saturated rings. The Balaban J connectivity index is 3.07. The number of aliphatic hydroxyl groups is 1. The molecule has 1 atom stereocenters. The van der Waals surface area contributed by atoms with Crippen LogP contribution >= 0.6 is 0 Å². The van der Waals surface area contributed by atoms with Crippen molar-refractivity contribution in [3.63, 3.8) is 0 Å². The first-order valence-corrected chi connectivity index (χ1v) is 7.30. The van der Waals surface area contributed by atoms with Crippen molar-refractivity contribution in [2.45, 2.75) is 38.7 Å². The van der Waals surface area contributed by atoms with Gasteiger partial charge in [0.1, 0.15) is 0 Å². The van der Waals surface area contributed by atoms with Gasteiger partial charge >= 0.3 is 0 Å². The van der Waals surface area contributed by atoms with Gasteiger partial charge in [0.05, 0.1) is 17.1 Å². The number of nitrogens with two attached hydrogens (primary N) is 1. The zero-order chi connectivity index (χ0) is 11.7. The van der Waals surface area contributed by atoms with Crippen LogP contribution in [0.1, 0.15) is 33.1 Å². The Morgan fingerprint density at radius 3 is 2.20 bits per heavy atom. The molecule has 0 bridgehead atoms. The third kappa shape index (κ3) is 2.05. The number of hydrogen-bond donors (Lipinski definition) is 2. The van der Waals surface area contributed by atoms with E-state index in [9.17, 15) is 13.5 Å². The Morgan fingerprint density at radius 1 is 1.40 bits per heavy atom. The van der Waals surface area contributed by atoms with Gasteiger partial charge in [-0.2, -0.15) is 0 Å². The number of rotatable bonds is 4. The molecule has 1 aliphatic heterocycles. The van der Waals surface area contributed by atoms with Crippen molar-refractivity contribution in [1.82, 2.24) is 0 Å². The molecule has 0 aromatic carbocycles. The fraction of sp³-hybridized carbons (Fsp3) is 1.00. The minimum Gasteiger partial charge on any atom is -0.389 e. The van der Waals surface area contributed by atoms with Crippen molar-refractivity contribution in [2.75, 3.05) is 18.1 Å². The predicted octanol–water partition coefficient (Wildman–Crippen LogP) is 0.301. The van der Waals surface area contributed by atoms with Crippen LogP contribution in [0.5, 0.6) is 0 Å². The average molecular weight is 235 g/mol. The molecule has 0 amide bonds. The van der Waals surface area contributed by atoms with E-state index in [1.165, 1.54) is 0 Å². The molecule has 1 unspecified atom stereocenters. The highest BCUT2D eigenvalue weighted by atomic mass is 32.2. The van der Waals surface area contributed by atoms with E-state index >= 15 is 0 Å². The Morgan fingerprint density at radius 2 is 1.93 bits per heavy atom. The highest BCUT2D eigenvalue weighted by Crippen LogP contribution is 2.44. The first kappa shape index (κ1) is 12.9. The molecule has 0 aromatic heterocycles. The highest BCUT2D eigenvalue weighted by molar-refractivity contribution is 7.91. The summed E-state index contributed by atoms with van der Waals surface area (Å²) in [6.07, 6.45) is 1.59. The summed E-state index contributed by atoms with van der Waals surface area (Å²) in [6, 6.07) is 0. The standard InChI is InChI=1S/C10H21NO3S/c1-3-10(12,4-2)9(7-11)5-6-15(13,14)8-9/h12H,3-8,11H2,1-2H3. The smallest absolute Gasteiger partial charge is 0.151 e. The van der Waals surface area contributed by atoms with Crippen LogP contribution in [0, 0.1) is 5.41 Å². The maximum absolute atomic E-state index is 11.5. The topological polar surface area (TPSA) is 80.4 Å². The molecule has 0 spiro atoms. The molecule has 0 aromatic rings. The molecule has 3 N–H and O–H groups in total. The third-order valence-electron chi connectivity index (χ3n) is 3.94. The van der Waals surface area contributed by atoms with E-state index in [1.807, 2.05) is 13.8 Å². The van der Waals surface area contributed by atoms with Gasteiger partial charge in [-0.1, -0.05) is 13.8 Å². The van der Waals surface area contributed by atoms with Crippen molar-refractivity contribution in [2.24, 2.45) is 11.1 Å². The molecule has 4 nitrogen and oxygen atoms in total. The lowest BCUT2D eigenvalue weighted by atomic mass is 9.68. The van der Waals surface area contributed by atoms with Crippen LogP contribution in [0.3, 0.4) is 0 Å². The van der Waals surface area contributed by atoms with E-state index < -0.39 is 20.9 Å².